The van der Waals surface area contributed by atoms with Gasteiger partial charge in [0.1, 0.15) is 0 Å². The molecule has 0 aliphatic rings. The molecule has 0 aromatic heterocycles. The first-order valence-electron chi connectivity index (χ1n) is 6.17. The standard InChI is InChI=1S/C12H21N3O4S2/c1-9-7-10(13)5-6-11(9)21(18,19)14-8-12(2,3)15-20(4,16)17/h5-7,14-15H,8,13H2,1-4H3. The first kappa shape index (κ1) is 17.9. The molecule has 0 atom stereocenters. The summed E-state index contributed by atoms with van der Waals surface area (Å²) in [6.07, 6.45) is 1.02. The fourth-order valence-corrected chi connectivity index (χ4v) is 4.38. The van der Waals surface area contributed by atoms with Crippen LogP contribution in [0.5, 0.6) is 0 Å². The third-order valence-corrected chi connectivity index (χ3v) is 5.14. The van der Waals surface area contributed by atoms with Crippen LogP contribution in [-0.4, -0.2) is 35.2 Å². The fraction of sp³-hybridized carbons (Fsp3) is 0.500. The third-order valence-electron chi connectivity index (χ3n) is 2.65. The van der Waals surface area contributed by atoms with Gasteiger partial charge in [-0.1, -0.05) is 0 Å². The first-order chi connectivity index (χ1) is 9.32. The van der Waals surface area contributed by atoms with Gasteiger partial charge in [0.15, 0.2) is 0 Å². The van der Waals surface area contributed by atoms with E-state index in [4.69, 9.17) is 5.73 Å². The van der Waals surface area contributed by atoms with Crippen molar-refractivity contribution in [2.75, 3.05) is 18.5 Å². The largest absolute Gasteiger partial charge is 0.399 e. The smallest absolute Gasteiger partial charge is 0.240 e. The molecule has 1 rings (SSSR count). The van der Waals surface area contributed by atoms with Gasteiger partial charge in [-0.3, -0.25) is 0 Å². The van der Waals surface area contributed by atoms with Crippen LogP contribution in [0.1, 0.15) is 19.4 Å². The Labute approximate surface area is 126 Å². The van der Waals surface area contributed by atoms with E-state index in [2.05, 4.69) is 9.44 Å². The molecule has 21 heavy (non-hydrogen) atoms. The fourth-order valence-electron chi connectivity index (χ4n) is 1.87. The molecule has 0 saturated carbocycles. The Morgan fingerprint density at radius 3 is 2.24 bits per heavy atom. The van der Waals surface area contributed by atoms with Gasteiger partial charge in [-0.15, -0.1) is 0 Å². The molecule has 0 fully saturated rings. The van der Waals surface area contributed by atoms with Crippen LogP contribution in [0.4, 0.5) is 5.69 Å². The number of sulfonamides is 2. The number of nitrogens with one attached hydrogen (secondary N) is 2. The minimum atomic E-state index is -3.74. The molecule has 0 aliphatic carbocycles. The topological polar surface area (TPSA) is 118 Å². The van der Waals surface area contributed by atoms with Crippen LogP contribution in [0, 0.1) is 6.92 Å². The summed E-state index contributed by atoms with van der Waals surface area (Å²) in [7, 11) is -7.17. The summed E-state index contributed by atoms with van der Waals surface area (Å²) in [5.74, 6) is 0. The molecule has 9 heteroatoms. The number of benzene rings is 1. The lowest BCUT2D eigenvalue weighted by Crippen LogP contribution is -2.50. The Morgan fingerprint density at radius 2 is 1.76 bits per heavy atom. The van der Waals surface area contributed by atoms with E-state index in [9.17, 15) is 16.8 Å². The van der Waals surface area contributed by atoms with Crippen LogP contribution in [0.15, 0.2) is 23.1 Å². The lowest BCUT2D eigenvalue weighted by Gasteiger charge is -2.25. The molecular formula is C12H21N3O4S2. The lowest BCUT2D eigenvalue weighted by molar-refractivity contribution is 0.446. The van der Waals surface area contributed by atoms with Crippen LogP contribution in [0.25, 0.3) is 0 Å². The Morgan fingerprint density at radius 1 is 1.19 bits per heavy atom. The van der Waals surface area contributed by atoms with E-state index in [-0.39, 0.29) is 11.4 Å². The molecule has 0 aliphatic heterocycles. The van der Waals surface area contributed by atoms with Gasteiger partial charge in [0.05, 0.1) is 11.2 Å². The van der Waals surface area contributed by atoms with Gasteiger partial charge in [-0.25, -0.2) is 26.3 Å². The second kappa shape index (κ2) is 5.91. The number of nitrogen functional groups attached to an aromatic ring is 1. The highest BCUT2D eigenvalue weighted by molar-refractivity contribution is 7.89. The minimum Gasteiger partial charge on any atom is -0.399 e. The van der Waals surface area contributed by atoms with Gasteiger partial charge < -0.3 is 5.73 Å². The minimum absolute atomic E-state index is 0.0772. The average molecular weight is 335 g/mol. The molecule has 7 nitrogen and oxygen atoms in total. The summed E-state index contributed by atoms with van der Waals surface area (Å²) < 4.78 is 51.7. The Balaban J connectivity index is 2.91. The number of nitrogens with two attached hydrogens (primary N) is 1. The molecule has 1 aromatic rings. The van der Waals surface area contributed by atoms with Crippen LogP contribution in [0.3, 0.4) is 0 Å². The summed E-state index contributed by atoms with van der Waals surface area (Å²) in [5.41, 5.74) is 5.65. The monoisotopic (exact) mass is 335 g/mol. The van der Waals surface area contributed by atoms with Gasteiger partial charge >= 0.3 is 0 Å². The van der Waals surface area contributed by atoms with E-state index in [1.54, 1.807) is 26.8 Å². The number of rotatable bonds is 6. The van der Waals surface area contributed by atoms with Crippen molar-refractivity contribution in [3.63, 3.8) is 0 Å². The normalized spacial score (nSPS) is 13.3. The van der Waals surface area contributed by atoms with Crippen molar-refractivity contribution in [3.8, 4) is 0 Å². The molecule has 0 bridgehead atoms. The van der Waals surface area contributed by atoms with Gasteiger partial charge in [-0.05, 0) is 44.5 Å². The van der Waals surface area contributed by atoms with Crippen LogP contribution in [-0.2, 0) is 20.0 Å². The average Bonchev–Trinajstić information content (AvgIpc) is 2.23. The molecule has 0 unspecified atom stereocenters. The SMILES string of the molecule is Cc1cc(N)ccc1S(=O)(=O)NCC(C)(C)NS(C)(=O)=O. The third kappa shape index (κ3) is 5.62. The van der Waals surface area contributed by atoms with Crippen molar-refractivity contribution in [3.05, 3.63) is 23.8 Å². The van der Waals surface area contributed by atoms with Crippen molar-refractivity contribution < 1.29 is 16.8 Å². The van der Waals surface area contributed by atoms with E-state index in [1.807, 2.05) is 0 Å². The maximum absolute atomic E-state index is 12.2. The molecule has 0 radical (unpaired) electrons. The number of aryl methyl sites for hydroxylation is 1. The molecule has 4 N–H and O–H groups in total. The summed E-state index contributed by atoms with van der Waals surface area (Å²) in [5, 5.41) is 0. The molecule has 1 aromatic carbocycles. The zero-order valence-electron chi connectivity index (χ0n) is 12.5. The van der Waals surface area contributed by atoms with E-state index in [1.165, 1.54) is 12.1 Å². The zero-order valence-corrected chi connectivity index (χ0v) is 14.1. The highest BCUT2D eigenvalue weighted by Gasteiger charge is 2.25. The highest BCUT2D eigenvalue weighted by atomic mass is 32.2. The van der Waals surface area contributed by atoms with Crippen LogP contribution in [0.2, 0.25) is 0 Å². The molecule has 120 valence electrons. The molecule has 0 spiro atoms. The van der Waals surface area contributed by atoms with Crippen molar-refractivity contribution >= 4 is 25.7 Å². The van der Waals surface area contributed by atoms with E-state index in [0.717, 1.165) is 6.26 Å². The van der Waals surface area contributed by atoms with Gasteiger partial charge in [0, 0.05) is 17.8 Å². The Kier molecular flexibility index (Phi) is 5.04. The maximum Gasteiger partial charge on any atom is 0.240 e. The first-order valence-corrected chi connectivity index (χ1v) is 9.55. The van der Waals surface area contributed by atoms with E-state index < -0.39 is 25.6 Å². The predicted molar refractivity (Wildman–Crippen MR) is 82.8 cm³/mol. The van der Waals surface area contributed by atoms with Gasteiger partial charge in [0.2, 0.25) is 20.0 Å². The number of anilines is 1. The summed E-state index contributed by atoms with van der Waals surface area (Å²) in [6, 6.07) is 4.49. The van der Waals surface area contributed by atoms with Gasteiger partial charge in [-0.2, -0.15) is 0 Å². The van der Waals surface area contributed by atoms with Crippen molar-refractivity contribution in [2.24, 2.45) is 0 Å². The summed E-state index contributed by atoms with van der Waals surface area (Å²) in [6.45, 7) is 4.75. The summed E-state index contributed by atoms with van der Waals surface area (Å²) >= 11 is 0. The number of hydrogen-bond acceptors (Lipinski definition) is 5. The Bertz CT molecular complexity index is 725. The highest BCUT2D eigenvalue weighted by Crippen LogP contribution is 2.18. The van der Waals surface area contributed by atoms with E-state index in [0.29, 0.717) is 11.3 Å². The van der Waals surface area contributed by atoms with Gasteiger partial charge in [0.25, 0.3) is 0 Å². The van der Waals surface area contributed by atoms with E-state index >= 15 is 0 Å². The Hall–Kier alpha value is -1.16. The molecular weight excluding hydrogens is 314 g/mol. The summed E-state index contributed by atoms with van der Waals surface area (Å²) in [4.78, 5) is 0.117. The van der Waals surface area contributed by atoms with Crippen LogP contribution < -0.4 is 15.2 Å². The van der Waals surface area contributed by atoms with Crippen LogP contribution >= 0.6 is 0 Å². The van der Waals surface area contributed by atoms with Crippen molar-refractivity contribution in [1.29, 1.82) is 0 Å². The zero-order chi connectivity index (χ0) is 16.5. The second-order valence-corrected chi connectivity index (χ2v) is 9.09. The molecule has 0 amide bonds. The predicted octanol–water partition coefficient (Wildman–Crippen LogP) is 0.183. The molecule has 0 saturated heterocycles. The lowest BCUT2D eigenvalue weighted by atomic mass is 10.1. The quantitative estimate of drug-likeness (QED) is 0.641. The number of hydrogen-bond donors (Lipinski definition) is 3. The molecule has 0 heterocycles. The maximum atomic E-state index is 12.2. The van der Waals surface area contributed by atoms with Crippen molar-refractivity contribution in [1.82, 2.24) is 9.44 Å². The second-order valence-electron chi connectivity index (χ2n) is 5.61. The van der Waals surface area contributed by atoms with Crippen molar-refractivity contribution in [2.45, 2.75) is 31.2 Å².